The number of hydrogen-bond acceptors (Lipinski definition) is 6. The Morgan fingerprint density at radius 2 is 1.48 bits per heavy atom. The van der Waals surface area contributed by atoms with Crippen LogP contribution < -0.4 is 19.1 Å². The van der Waals surface area contributed by atoms with Crippen molar-refractivity contribution in [3.05, 3.63) is 90.0 Å². The van der Waals surface area contributed by atoms with Gasteiger partial charge in [-0.2, -0.15) is 0 Å². The summed E-state index contributed by atoms with van der Waals surface area (Å²) in [6, 6.07) is 22.5. The van der Waals surface area contributed by atoms with E-state index in [1.165, 1.54) is 25.2 Å². The van der Waals surface area contributed by atoms with Crippen molar-refractivity contribution in [1.29, 1.82) is 0 Å². The van der Waals surface area contributed by atoms with Crippen LogP contribution in [0.25, 0.3) is 0 Å². The molecule has 1 atom stereocenters. The number of ether oxygens (including phenoxy) is 2. The van der Waals surface area contributed by atoms with Crippen LogP contribution in [0.3, 0.4) is 0 Å². The maximum Gasteiger partial charge on any atom is 0.244 e. The van der Waals surface area contributed by atoms with E-state index < -0.39 is 28.5 Å². The summed E-state index contributed by atoms with van der Waals surface area (Å²) in [4.78, 5) is 29.0. The second-order valence-corrected chi connectivity index (χ2v) is 11.2. The van der Waals surface area contributed by atoms with Gasteiger partial charge in [-0.15, -0.1) is 0 Å². The lowest BCUT2D eigenvalue weighted by atomic mass is 10.0. The number of rotatable bonds is 14. The summed E-state index contributed by atoms with van der Waals surface area (Å²) in [5.74, 6) is -0.0703. The summed E-state index contributed by atoms with van der Waals surface area (Å²) in [6.45, 7) is 2.03. The Morgan fingerprint density at radius 1 is 0.875 bits per heavy atom. The number of amides is 2. The van der Waals surface area contributed by atoms with E-state index in [9.17, 15) is 18.0 Å². The first-order chi connectivity index (χ1) is 19.2. The monoisotopic (exact) mass is 567 g/mol. The van der Waals surface area contributed by atoms with Gasteiger partial charge in [0.1, 0.15) is 12.6 Å². The molecule has 0 saturated carbocycles. The molecule has 2 amide bonds. The first kappa shape index (κ1) is 30.5. The van der Waals surface area contributed by atoms with E-state index in [4.69, 9.17) is 9.47 Å². The molecule has 0 fully saturated rings. The van der Waals surface area contributed by atoms with Crippen molar-refractivity contribution in [3.63, 3.8) is 0 Å². The SMILES string of the molecule is CCCNC(=O)[C@@H](Cc1ccccc1)N(Cc1ccccc1)C(=O)CN(c1ccc(OC)c(OC)c1)S(C)(=O)=O. The molecule has 40 heavy (non-hydrogen) atoms. The van der Waals surface area contributed by atoms with Crippen molar-refractivity contribution in [2.45, 2.75) is 32.4 Å². The lowest BCUT2D eigenvalue weighted by Gasteiger charge is -2.33. The van der Waals surface area contributed by atoms with Gasteiger partial charge in [0.05, 0.1) is 26.2 Å². The Hall–Kier alpha value is -4.05. The van der Waals surface area contributed by atoms with Crippen LogP contribution in [-0.2, 0) is 32.6 Å². The van der Waals surface area contributed by atoms with Crippen LogP contribution in [0.5, 0.6) is 11.5 Å². The number of hydrogen-bond donors (Lipinski definition) is 1. The summed E-state index contributed by atoms with van der Waals surface area (Å²) >= 11 is 0. The molecular formula is C30H37N3O6S. The number of carbonyl (C=O) groups is 2. The van der Waals surface area contributed by atoms with Crippen molar-refractivity contribution in [2.75, 3.05) is 37.9 Å². The van der Waals surface area contributed by atoms with E-state index in [2.05, 4.69) is 5.32 Å². The van der Waals surface area contributed by atoms with Gasteiger partial charge in [-0.3, -0.25) is 13.9 Å². The molecule has 3 aromatic carbocycles. The molecule has 0 aromatic heterocycles. The van der Waals surface area contributed by atoms with Crippen molar-refractivity contribution in [3.8, 4) is 11.5 Å². The highest BCUT2D eigenvalue weighted by molar-refractivity contribution is 7.92. The molecule has 0 bridgehead atoms. The van der Waals surface area contributed by atoms with Crippen LogP contribution in [0, 0.1) is 0 Å². The molecule has 10 heteroatoms. The van der Waals surface area contributed by atoms with Crippen LogP contribution >= 0.6 is 0 Å². The fraction of sp³-hybridized carbons (Fsp3) is 0.333. The van der Waals surface area contributed by atoms with Gasteiger partial charge in [-0.25, -0.2) is 8.42 Å². The molecule has 0 aliphatic rings. The van der Waals surface area contributed by atoms with E-state index in [0.29, 0.717) is 18.0 Å². The maximum atomic E-state index is 14.0. The number of benzene rings is 3. The topological polar surface area (TPSA) is 105 Å². The predicted molar refractivity (Wildman–Crippen MR) is 156 cm³/mol. The molecule has 0 unspecified atom stereocenters. The molecule has 0 spiro atoms. The summed E-state index contributed by atoms with van der Waals surface area (Å²) in [5, 5.41) is 2.92. The third kappa shape index (κ3) is 8.22. The highest BCUT2D eigenvalue weighted by Gasteiger charge is 2.33. The van der Waals surface area contributed by atoms with E-state index in [1.54, 1.807) is 12.1 Å². The summed E-state index contributed by atoms with van der Waals surface area (Å²) < 4.78 is 37.5. The van der Waals surface area contributed by atoms with Gasteiger partial charge in [-0.1, -0.05) is 67.6 Å². The van der Waals surface area contributed by atoms with Crippen LogP contribution in [-0.4, -0.2) is 64.7 Å². The average Bonchev–Trinajstić information content (AvgIpc) is 2.96. The number of nitrogens with zero attached hydrogens (tertiary/aromatic N) is 2. The van der Waals surface area contributed by atoms with E-state index in [0.717, 1.165) is 28.1 Å². The minimum atomic E-state index is -3.89. The van der Waals surface area contributed by atoms with Crippen LogP contribution in [0.2, 0.25) is 0 Å². The van der Waals surface area contributed by atoms with Gasteiger partial charge < -0.3 is 19.7 Å². The van der Waals surface area contributed by atoms with Gasteiger partial charge in [0, 0.05) is 25.6 Å². The normalized spacial score (nSPS) is 11.8. The largest absolute Gasteiger partial charge is 0.493 e. The van der Waals surface area contributed by atoms with Crippen LogP contribution in [0.1, 0.15) is 24.5 Å². The lowest BCUT2D eigenvalue weighted by molar-refractivity contribution is -0.140. The number of nitrogens with one attached hydrogen (secondary N) is 1. The zero-order valence-electron chi connectivity index (χ0n) is 23.4. The van der Waals surface area contributed by atoms with Crippen molar-refractivity contribution in [1.82, 2.24) is 10.2 Å². The lowest BCUT2D eigenvalue weighted by Crippen LogP contribution is -2.53. The molecular weight excluding hydrogens is 530 g/mol. The standard InChI is InChI=1S/C30H37N3O6S/c1-5-18-31-30(35)26(19-23-12-8-6-9-13-23)32(21-24-14-10-7-11-15-24)29(34)22-33(40(4,36)37)25-16-17-27(38-2)28(20-25)39-3/h6-17,20,26H,5,18-19,21-22H2,1-4H3,(H,31,35)/t26-/m1/s1. The number of sulfonamides is 1. The molecule has 0 aliphatic heterocycles. The zero-order valence-corrected chi connectivity index (χ0v) is 24.2. The molecule has 3 aromatic rings. The number of anilines is 1. The molecule has 0 heterocycles. The second-order valence-electron chi connectivity index (χ2n) is 9.31. The van der Waals surface area contributed by atoms with Gasteiger partial charge >= 0.3 is 0 Å². The van der Waals surface area contributed by atoms with E-state index in [-0.39, 0.29) is 24.6 Å². The van der Waals surface area contributed by atoms with E-state index in [1.807, 2.05) is 67.6 Å². The molecule has 0 radical (unpaired) electrons. The zero-order chi connectivity index (χ0) is 29.1. The number of carbonyl (C=O) groups excluding carboxylic acids is 2. The molecule has 0 aliphatic carbocycles. The molecule has 214 valence electrons. The first-order valence-electron chi connectivity index (χ1n) is 13.0. The Bertz CT molecular complexity index is 1370. The van der Waals surface area contributed by atoms with Crippen LogP contribution in [0.15, 0.2) is 78.9 Å². The molecule has 0 saturated heterocycles. The molecule has 9 nitrogen and oxygen atoms in total. The maximum absolute atomic E-state index is 14.0. The Morgan fingerprint density at radius 3 is 2.02 bits per heavy atom. The Labute approximate surface area is 236 Å². The average molecular weight is 568 g/mol. The Kier molecular flexibility index (Phi) is 11.0. The molecule has 1 N–H and O–H groups in total. The highest BCUT2D eigenvalue weighted by Crippen LogP contribution is 2.32. The fourth-order valence-corrected chi connectivity index (χ4v) is 5.14. The highest BCUT2D eigenvalue weighted by atomic mass is 32.2. The molecule has 3 rings (SSSR count). The van der Waals surface area contributed by atoms with Gasteiger partial charge in [-0.05, 0) is 29.7 Å². The predicted octanol–water partition coefficient (Wildman–Crippen LogP) is 3.64. The first-order valence-corrected chi connectivity index (χ1v) is 14.9. The Balaban J connectivity index is 2.04. The van der Waals surface area contributed by atoms with Crippen molar-refractivity contribution < 1.29 is 27.5 Å². The fourth-order valence-electron chi connectivity index (χ4n) is 4.29. The number of methoxy groups -OCH3 is 2. The summed E-state index contributed by atoms with van der Waals surface area (Å²) in [6.07, 6.45) is 2.04. The smallest absolute Gasteiger partial charge is 0.244 e. The quantitative estimate of drug-likeness (QED) is 0.319. The third-order valence-corrected chi connectivity index (χ3v) is 7.49. The summed E-state index contributed by atoms with van der Waals surface area (Å²) in [5.41, 5.74) is 1.93. The van der Waals surface area contributed by atoms with E-state index >= 15 is 0 Å². The van der Waals surface area contributed by atoms with Gasteiger partial charge in [0.25, 0.3) is 0 Å². The second kappa shape index (κ2) is 14.4. The minimum absolute atomic E-state index is 0.125. The minimum Gasteiger partial charge on any atom is -0.493 e. The summed E-state index contributed by atoms with van der Waals surface area (Å²) in [7, 11) is -0.968. The third-order valence-electron chi connectivity index (χ3n) is 6.35. The van der Waals surface area contributed by atoms with Crippen LogP contribution in [0.4, 0.5) is 5.69 Å². The van der Waals surface area contributed by atoms with Crippen molar-refractivity contribution >= 4 is 27.5 Å². The van der Waals surface area contributed by atoms with Gasteiger partial charge in [0.15, 0.2) is 11.5 Å². The van der Waals surface area contributed by atoms with Crippen molar-refractivity contribution in [2.24, 2.45) is 0 Å². The van der Waals surface area contributed by atoms with Gasteiger partial charge in [0.2, 0.25) is 21.8 Å².